The van der Waals surface area contributed by atoms with Gasteiger partial charge >= 0.3 is 0 Å². The van der Waals surface area contributed by atoms with Gasteiger partial charge in [-0.3, -0.25) is 0 Å². The molecule has 0 saturated carbocycles. The molecule has 0 spiro atoms. The second-order valence-corrected chi connectivity index (χ2v) is 19.2. The van der Waals surface area contributed by atoms with E-state index >= 15 is 0 Å². The third-order valence-corrected chi connectivity index (χ3v) is 15.0. The van der Waals surface area contributed by atoms with Crippen LogP contribution in [0.15, 0.2) is 158 Å². The van der Waals surface area contributed by atoms with Gasteiger partial charge in [0.25, 0.3) is 0 Å². The van der Waals surface area contributed by atoms with Gasteiger partial charge in [0, 0.05) is 11.1 Å². The predicted octanol–water partition coefficient (Wildman–Crippen LogP) is 18.7. The highest BCUT2D eigenvalue weighted by atomic mass is 16.5. The standard InChI is InChI=1S/C66H58O4/c1-5-7-9-15-33-69-47-25-21-41(22-26-47)55-37-45-35-43-17-11-13-19-49(43)51-29-31-53-63(61(45)51)57(55)39-59(67-3)65(53)66-54-32-30-52-50-20-14-12-18-44(50)36-46-38-56(58(40-60(66)68-4)64(54)62(46)52)42-23-27-48(28-24-42)70-34-16-10-8-6-2/h11-14,17-32,35-40H,5-10,15-16,33-34H2,1-4H3. The van der Waals surface area contributed by atoms with Gasteiger partial charge in [0.05, 0.1) is 27.4 Å². The van der Waals surface area contributed by atoms with Crippen LogP contribution in [-0.2, 0) is 0 Å². The maximum atomic E-state index is 6.61. The molecule has 12 rings (SSSR count). The number of rotatable bonds is 17. The molecule has 0 aliphatic heterocycles. The van der Waals surface area contributed by atoms with Crippen LogP contribution >= 0.6 is 0 Å². The topological polar surface area (TPSA) is 36.9 Å². The highest BCUT2D eigenvalue weighted by molar-refractivity contribution is 6.37. The van der Waals surface area contributed by atoms with Crippen molar-refractivity contribution < 1.29 is 18.9 Å². The summed E-state index contributed by atoms with van der Waals surface area (Å²) in [5.41, 5.74) is 6.64. The Bertz CT molecular complexity index is 3610. The van der Waals surface area contributed by atoms with E-state index in [1.807, 2.05) is 0 Å². The Morgan fingerprint density at radius 1 is 0.329 bits per heavy atom. The maximum absolute atomic E-state index is 6.61. The normalized spacial score (nSPS) is 12.0. The molecular formula is C66H58O4. The molecule has 346 valence electrons. The van der Waals surface area contributed by atoms with Crippen molar-refractivity contribution in [1.82, 2.24) is 0 Å². The molecule has 12 aromatic rings. The van der Waals surface area contributed by atoms with E-state index in [2.05, 4.69) is 172 Å². The minimum Gasteiger partial charge on any atom is -0.496 e. The van der Waals surface area contributed by atoms with E-state index in [1.54, 1.807) is 14.2 Å². The molecule has 0 heterocycles. The zero-order valence-corrected chi connectivity index (χ0v) is 40.7. The lowest BCUT2D eigenvalue weighted by Gasteiger charge is -2.24. The summed E-state index contributed by atoms with van der Waals surface area (Å²) in [6.07, 6.45) is 9.42. The predicted molar refractivity (Wildman–Crippen MR) is 298 cm³/mol. The molecule has 0 N–H and O–H groups in total. The van der Waals surface area contributed by atoms with Crippen molar-refractivity contribution in [1.29, 1.82) is 0 Å². The monoisotopic (exact) mass is 914 g/mol. The van der Waals surface area contributed by atoms with Gasteiger partial charge in [-0.25, -0.2) is 0 Å². The van der Waals surface area contributed by atoms with Gasteiger partial charge < -0.3 is 18.9 Å². The van der Waals surface area contributed by atoms with Crippen LogP contribution in [0.3, 0.4) is 0 Å². The van der Waals surface area contributed by atoms with E-state index in [4.69, 9.17) is 18.9 Å². The Labute approximate surface area is 410 Å². The number of unbranched alkanes of at least 4 members (excludes halogenated alkanes) is 6. The van der Waals surface area contributed by atoms with E-state index < -0.39 is 0 Å². The summed E-state index contributed by atoms with van der Waals surface area (Å²) in [5, 5.41) is 19.3. The molecule has 0 amide bonds. The maximum Gasteiger partial charge on any atom is 0.128 e. The van der Waals surface area contributed by atoms with Crippen molar-refractivity contribution in [3.63, 3.8) is 0 Å². The molecule has 4 nitrogen and oxygen atoms in total. The summed E-state index contributed by atoms with van der Waals surface area (Å²) in [6, 6.07) is 58.3. The first-order valence-electron chi connectivity index (χ1n) is 25.5. The van der Waals surface area contributed by atoms with Crippen molar-refractivity contribution in [2.24, 2.45) is 0 Å². The lowest BCUT2D eigenvalue weighted by atomic mass is 9.81. The summed E-state index contributed by atoms with van der Waals surface area (Å²) >= 11 is 0. The zero-order chi connectivity index (χ0) is 47.3. The average Bonchev–Trinajstić information content (AvgIpc) is 3.40. The molecule has 4 heteroatoms. The average molecular weight is 915 g/mol. The van der Waals surface area contributed by atoms with Gasteiger partial charge in [0.2, 0.25) is 0 Å². The molecule has 0 aliphatic carbocycles. The molecule has 0 radical (unpaired) electrons. The fourth-order valence-electron chi connectivity index (χ4n) is 11.6. The minimum absolute atomic E-state index is 0.732. The number of fused-ring (bicyclic) bond motifs is 4. The molecule has 70 heavy (non-hydrogen) atoms. The zero-order valence-electron chi connectivity index (χ0n) is 40.7. The Balaban J connectivity index is 1.11. The molecule has 0 atom stereocenters. The van der Waals surface area contributed by atoms with Crippen LogP contribution in [0.1, 0.15) is 65.2 Å². The van der Waals surface area contributed by atoms with Gasteiger partial charge in [-0.1, -0.05) is 149 Å². The van der Waals surface area contributed by atoms with Gasteiger partial charge in [-0.05, 0) is 182 Å². The summed E-state index contributed by atoms with van der Waals surface area (Å²) < 4.78 is 25.7. The van der Waals surface area contributed by atoms with Gasteiger partial charge in [-0.15, -0.1) is 0 Å². The van der Waals surface area contributed by atoms with E-state index in [0.717, 1.165) is 104 Å². The van der Waals surface area contributed by atoms with Gasteiger partial charge in [0.1, 0.15) is 23.0 Å². The van der Waals surface area contributed by atoms with Crippen LogP contribution in [-0.4, -0.2) is 27.4 Å². The van der Waals surface area contributed by atoms with E-state index in [-0.39, 0.29) is 0 Å². The number of hydrogen-bond donors (Lipinski definition) is 0. The molecule has 0 unspecified atom stereocenters. The second-order valence-electron chi connectivity index (χ2n) is 19.2. The first-order chi connectivity index (χ1) is 34.6. The minimum atomic E-state index is 0.732. The Hall–Kier alpha value is -7.56. The van der Waals surface area contributed by atoms with Crippen LogP contribution in [0.4, 0.5) is 0 Å². The van der Waals surface area contributed by atoms with Crippen LogP contribution in [0, 0.1) is 0 Å². The van der Waals surface area contributed by atoms with Crippen molar-refractivity contribution in [2.45, 2.75) is 65.2 Å². The van der Waals surface area contributed by atoms with E-state index in [9.17, 15) is 0 Å². The highest BCUT2D eigenvalue weighted by Gasteiger charge is 2.27. The third-order valence-electron chi connectivity index (χ3n) is 15.0. The first kappa shape index (κ1) is 43.7. The quantitative estimate of drug-likeness (QED) is 0.0518. The van der Waals surface area contributed by atoms with Crippen LogP contribution in [0.2, 0.25) is 0 Å². The Morgan fingerprint density at radius 3 is 1.16 bits per heavy atom. The molecule has 0 aliphatic rings. The molecule has 12 aromatic carbocycles. The largest absolute Gasteiger partial charge is 0.496 e. The number of ether oxygens (including phenoxy) is 4. The SMILES string of the molecule is CCCCCCOc1ccc(-c2cc3cc4ccccc4c4ccc5c(-c6c(OC)cc7c(-c8ccc(OCCCCCC)cc8)cc8cc9ccccc9c9ccc6c7c89)c(OC)cc2c5c34)cc1. The Morgan fingerprint density at radius 2 is 0.743 bits per heavy atom. The van der Waals surface area contributed by atoms with E-state index in [0.29, 0.717) is 0 Å². The summed E-state index contributed by atoms with van der Waals surface area (Å²) in [5.74, 6) is 3.40. The molecule has 0 aromatic heterocycles. The summed E-state index contributed by atoms with van der Waals surface area (Å²) in [4.78, 5) is 0. The second kappa shape index (κ2) is 18.4. The fraction of sp³-hybridized carbons (Fsp3) is 0.212. The van der Waals surface area contributed by atoms with Crippen LogP contribution in [0.25, 0.3) is 120 Å². The molecule has 0 saturated heterocycles. The van der Waals surface area contributed by atoms with E-state index in [1.165, 1.54) is 103 Å². The first-order valence-corrected chi connectivity index (χ1v) is 25.5. The van der Waals surface area contributed by atoms with Crippen LogP contribution in [0.5, 0.6) is 23.0 Å². The highest BCUT2D eigenvalue weighted by Crippen LogP contribution is 2.55. The fourth-order valence-corrected chi connectivity index (χ4v) is 11.6. The van der Waals surface area contributed by atoms with Crippen LogP contribution < -0.4 is 18.9 Å². The lowest BCUT2D eigenvalue weighted by molar-refractivity contribution is 0.305. The number of hydrogen-bond acceptors (Lipinski definition) is 4. The Kier molecular flexibility index (Phi) is 11.5. The van der Waals surface area contributed by atoms with Gasteiger partial charge in [0.15, 0.2) is 0 Å². The molecular weight excluding hydrogens is 857 g/mol. The smallest absolute Gasteiger partial charge is 0.128 e. The molecule has 0 fully saturated rings. The number of methoxy groups -OCH3 is 2. The van der Waals surface area contributed by atoms with Crippen molar-refractivity contribution >= 4 is 86.2 Å². The summed E-state index contributed by atoms with van der Waals surface area (Å²) in [6.45, 7) is 5.95. The van der Waals surface area contributed by atoms with Crippen molar-refractivity contribution in [3.05, 3.63) is 158 Å². The number of benzene rings is 12. The molecule has 0 bridgehead atoms. The summed E-state index contributed by atoms with van der Waals surface area (Å²) in [7, 11) is 3.61. The van der Waals surface area contributed by atoms with Crippen molar-refractivity contribution in [2.75, 3.05) is 27.4 Å². The van der Waals surface area contributed by atoms with Gasteiger partial charge in [-0.2, -0.15) is 0 Å². The van der Waals surface area contributed by atoms with Crippen molar-refractivity contribution in [3.8, 4) is 56.4 Å². The lowest BCUT2D eigenvalue weighted by Crippen LogP contribution is -1.99. The third kappa shape index (κ3) is 7.35.